The first-order valence-corrected chi connectivity index (χ1v) is 7.05. The maximum atomic E-state index is 11.5. The van der Waals surface area contributed by atoms with Gasteiger partial charge in [0.1, 0.15) is 0 Å². The van der Waals surface area contributed by atoms with Gasteiger partial charge in [0.05, 0.1) is 12.0 Å². The predicted molar refractivity (Wildman–Crippen MR) is 70.6 cm³/mol. The molecule has 6 nitrogen and oxygen atoms in total. The van der Waals surface area contributed by atoms with E-state index < -0.39 is 0 Å². The van der Waals surface area contributed by atoms with Gasteiger partial charge < -0.3 is 14.2 Å². The quantitative estimate of drug-likeness (QED) is 0.619. The molecule has 19 heavy (non-hydrogen) atoms. The molecule has 0 saturated carbocycles. The Balaban J connectivity index is 1.79. The van der Waals surface area contributed by atoms with E-state index in [1.54, 1.807) is 12.1 Å². The summed E-state index contributed by atoms with van der Waals surface area (Å²) in [7, 11) is 0. The van der Waals surface area contributed by atoms with E-state index >= 15 is 0 Å². The minimum Gasteiger partial charge on any atom is -0.459 e. The number of thioether (sulfide) groups is 1. The second kappa shape index (κ2) is 6.98. The van der Waals surface area contributed by atoms with Gasteiger partial charge in [-0.1, -0.05) is 25.1 Å². The molecule has 0 aromatic carbocycles. The van der Waals surface area contributed by atoms with E-state index in [1.165, 1.54) is 18.0 Å². The largest absolute Gasteiger partial charge is 0.459 e. The van der Waals surface area contributed by atoms with Crippen LogP contribution in [0.3, 0.4) is 0 Å². The SMILES string of the molecule is CCCCNC(=O)CSc1nnc(-c2ccco2)o1. The Bertz CT molecular complexity index is 510. The molecule has 1 amide bonds. The molecule has 0 unspecified atom stereocenters. The number of carbonyl (C=O) groups excluding carboxylic acids is 1. The zero-order chi connectivity index (χ0) is 13.5. The van der Waals surface area contributed by atoms with Crippen molar-refractivity contribution in [2.45, 2.75) is 25.0 Å². The van der Waals surface area contributed by atoms with Crippen molar-refractivity contribution in [2.24, 2.45) is 0 Å². The third-order valence-electron chi connectivity index (χ3n) is 2.32. The average molecular weight is 281 g/mol. The number of rotatable bonds is 7. The average Bonchev–Trinajstić information content (AvgIpc) is 3.07. The molecule has 0 fully saturated rings. The van der Waals surface area contributed by atoms with Gasteiger partial charge in [0.15, 0.2) is 5.76 Å². The number of carbonyl (C=O) groups is 1. The van der Waals surface area contributed by atoms with Gasteiger partial charge in [-0.3, -0.25) is 4.79 Å². The first-order chi connectivity index (χ1) is 9.29. The summed E-state index contributed by atoms with van der Waals surface area (Å²) in [5.41, 5.74) is 0. The zero-order valence-corrected chi connectivity index (χ0v) is 11.4. The van der Waals surface area contributed by atoms with Crippen LogP contribution in [0.5, 0.6) is 0 Å². The molecule has 2 aromatic heterocycles. The van der Waals surface area contributed by atoms with Gasteiger partial charge in [-0.05, 0) is 18.6 Å². The van der Waals surface area contributed by atoms with Crippen molar-refractivity contribution < 1.29 is 13.6 Å². The Labute approximate surface area is 115 Å². The molecule has 1 N–H and O–H groups in total. The summed E-state index contributed by atoms with van der Waals surface area (Å²) in [6, 6.07) is 3.48. The highest BCUT2D eigenvalue weighted by Gasteiger charge is 2.12. The molecule has 0 atom stereocenters. The number of aromatic nitrogens is 2. The minimum atomic E-state index is -0.0313. The van der Waals surface area contributed by atoms with Gasteiger partial charge >= 0.3 is 0 Å². The maximum Gasteiger partial charge on any atom is 0.284 e. The molecular formula is C12H15N3O3S. The lowest BCUT2D eigenvalue weighted by Crippen LogP contribution is -2.25. The molecule has 102 valence electrons. The Hall–Kier alpha value is -1.76. The van der Waals surface area contributed by atoms with Crippen molar-refractivity contribution in [1.29, 1.82) is 0 Å². The molecule has 0 aliphatic heterocycles. The van der Waals surface area contributed by atoms with Crippen LogP contribution in [0.25, 0.3) is 11.7 Å². The number of hydrogen-bond acceptors (Lipinski definition) is 6. The van der Waals surface area contributed by atoms with E-state index in [1.807, 2.05) is 0 Å². The van der Waals surface area contributed by atoms with Gasteiger partial charge in [0.25, 0.3) is 11.1 Å². The van der Waals surface area contributed by atoms with E-state index in [4.69, 9.17) is 8.83 Å². The summed E-state index contributed by atoms with van der Waals surface area (Å²) in [5.74, 6) is 1.07. The molecular weight excluding hydrogens is 266 g/mol. The number of furan rings is 1. The molecule has 2 rings (SSSR count). The summed E-state index contributed by atoms with van der Waals surface area (Å²) < 4.78 is 10.5. The van der Waals surface area contributed by atoms with Crippen LogP contribution in [-0.2, 0) is 4.79 Å². The first kappa shape index (κ1) is 13.7. The Morgan fingerprint density at radius 3 is 3.11 bits per heavy atom. The van der Waals surface area contributed by atoms with Gasteiger partial charge in [-0.15, -0.1) is 10.2 Å². The summed E-state index contributed by atoms with van der Waals surface area (Å²) >= 11 is 1.21. The zero-order valence-electron chi connectivity index (χ0n) is 10.6. The second-order valence-corrected chi connectivity index (χ2v) is 4.77. The van der Waals surface area contributed by atoms with E-state index in [9.17, 15) is 4.79 Å². The van der Waals surface area contributed by atoms with Crippen LogP contribution in [0.2, 0.25) is 0 Å². The third kappa shape index (κ3) is 4.13. The van der Waals surface area contributed by atoms with Gasteiger partial charge in [-0.2, -0.15) is 0 Å². The highest BCUT2D eigenvalue weighted by atomic mass is 32.2. The number of nitrogens with zero attached hydrogens (tertiary/aromatic N) is 2. The molecule has 2 aromatic rings. The third-order valence-corrected chi connectivity index (χ3v) is 3.14. The fraction of sp³-hybridized carbons (Fsp3) is 0.417. The lowest BCUT2D eigenvalue weighted by Gasteiger charge is -2.01. The van der Waals surface area contributed by atoms with Crippen LogP contribution >= 0.6 is 11.8 Å². The molecule has 0 aliphatic rings. The Morgan fingerprint density at radius 2 is 2.37 bits per heavy atom. The highest BCUT2D eigenvalue weighted by Crippen LogP contribution is 2.22. The maximum absolute atomic E-state index is 11.5. The van der Waals surface area contributed by atoms with Crippen molar-refractivity contribution in [2.75, 3.05) is 12.3 Å². The fourth-order valence-corrected chi connectivity index (χ4v) is 1.94. The lowest BCUT2D eigenvalue weighted by molar-refractivity contribution is -0.118. The molecule has 0 spiro atoms. The minimum absolute atomic E-state index is 0.0313. The Morgan fingerprint density at radius 1 is 1.47 bits per heavy atom. The van der Waals surface area contributed by atoms with Crippen LogP contribution in [0.15, 0.2) is 32.5 Å². The van der Waals surface area contributed by atoms with Gasteiger partial charge in [0.2, 0.25) is 5.91 Å². The van der Waals surface area contributed by atoms with Crippen molar-refractivity contribution in [3.8, 4) is 11.7 Å². The van der Waals surface area contributed by atoms with Crippen molar-refractivity contribution in [1.82, 2.24) is 15.5 Å². The topological polar surface area (TPSA) is 81.2 Å². The van der Waals surface area contributed by atoms with Crippen LogP contribution in [0, 0.1) is 0 Å². The van der Waals surface area contributed by atoms with E-state index in [2.05, 4.69) is 22.4 Å². The van der Waals surface area contributed by atoms with Crippen LogP contribution in [-0.4, -0.2) is 28.4 Å². The summed E-state index contributed by atoms with van der Waals surface area (Å²) in [4.78, 5) is 11.5. The number of amides is 1. The van der Waals surface area contributed by atoms with E-state index in [0.29, 0.717) is 23.4 Å². The lowest BCUT2D eigenvalue weighted by atomic mass is 10.3. The molecule has 7 heteroatoms. The first-order valence-electron chi connectivity index (χ1n) is 6.06. The van der Waals surface area contributed by atoms with Crippen molar-refractivity contribution >= 4 is 17.7 Å². The summed E-state index contributed by atoms with van der Waals surface area (Å²) in [6.45, 7) is 2.78. The summed E-state index contributed by atoms with van der Waals surface area (Å²) in [6.07, 6.45) is 3.58. The smallest absolute Gasteiger partial charge is 0.284 e. The van der Waals surface area contributed by atoms with Crippen LogP contribution < -0.4 is 5.32 Å². The van der Waals surface area contributed by atoms with Crippen LogP contribution in [0.4, 0.5) is 0 Å². The molecule has 0 bridgehead atoms. The standard InChI is InChI=1S/C12H15N3O3S/c1-2-3-6-13-10(16)8-19-12-15-14-11(18-12)9-5-4-7-17-9/h4-5,7H,2-3,6,8H2,1H3,(H,13,16). The summed E-state index contributed by atoms with van der Waals surface area (Å²) in [5, 5.41) is 10.9. The van der Waals surface area contributed by atoms with Gasteiger partial charge in [0, 0.05) is 6.54 Å². The Kier molecular flexibility index (Phi) is 5.02. The van der Waals surface area contributed by atoms with E-state index in [-0.39, 0.29) is 11.7 Å². The number of hydrogen-bond donors (Lipinski definition) is 1. The van der Waals surface area contributed by atoms with Gasteiger partial charge in [-0.25, -0.2) is 0 Å². The van der Waals surface area contributed by atoms with Crippen molar-refractivity contribution in [3.05, 3.63) is 18.4 Å². The van der Waals surface area contributed by atoms with E-state index in [0.717, 1.165) is 12.8 Å². The highest BCUT2D eigenvalue weighted by molar-refractivity contribution is 7.99. The molecule has 0 aliphatic carbocycles. The monoisotopic (exact) mass is 281 g/mol. The normalized spacial score (nSPS) is 10.6. The molecule has 0 saturated heterocycles. The van der Waals surface area contributed by atoms with Crippen LogP contribution in [0.1, 0.15) is 19.8 Å². The fourth-order valence-electron chi connectivity index (χ4n) is 1.35. The molecule has 2 heterocycles. The number of unbranched alkanes of at least 4 members (excludes halogenated alkanes) is 1. The van der Waals surface area contributed by atoms with Crippen molar-refractivity contribution in [3.63, 3.8) is 0 Å². The molecule has 0 radical (unpaired) electrons. The predicted octanol–water partition coefficient (Wildman–Crippen LogP) is 2.34. The number of nitrogens with one attached hydrogen (secondary N) is 1. The second-order valence-electron chi connectivity index (χ2n) is 3.84.